The molecule has 1 aliphatic carbocycles. The first kappa shape index (κ1) is 39.5. The van der Waals surface area contributed by atoms with Crippen LogP contribution >= 0.6 is 22.6 Å². The molecular formula is C48H53IOSi2. The van der Waals surface area contributed by atoms with Gasteiger partial charge < -0.3 is 5.11 Å². The van der Waals surface area contributed by atoms with Crippen molar-refractivity contribution >= 4 is 62.0 Å². The van der Waals surface area contributed by atoms with Crippen molar-refractivity contribution in [3.8, 4) is 23.3 Å². The summed E-state index contributed by atoms with van der Waals surface area (Å²) >= 11 is 2.39. The number of hydrogen-bond donors (Lipinski definition) is 1. The quantitative estimate of drug-likeness (QED) is 0.106. The molecule has 1 nitrogen and oxygen atoms in total. The van der Waals surface area contributed by atoms with Crippen LogP contribution < -0.4 is 0 Å². The lowest BCUT2D eigenvalue weighted by molar-refractivity contribution is 0.224. The van der Waals surface area contributed by atoms with E-state index in [-0.39, 0.29) is 10.6 Å². The van der Waals surface area contributed by atoms with Crippen LogP contribution in [0.4, 0.5) is 0 Å². The van der Waals surface area contributed by atoms with E-state index in [1.165, 1.54) is 53.7 Å². The Morgan fingerprint density at radius 3 is 1.67 bits per heavy atom. The molecule has 0 amide bonds. The summed E-state index contributed by atoms with van der Waals surface area (Å²) in [6.07, 6.45) is 5.81. The molecule has 0 bridgehead atoms. The smallest absolute Gasteiger partial charge is 0.129 e. The van der Waals surface area contributed by atoms with Crippen LogP contribution in [0.5, 0.6) is 0 Å². The average Bonchev–Trinajstić information content (AvgIpc) is 3.05. The maximum absolute atomic E-state index is 11.6. The highest BCUT2D eigenvalue weighted by molar-refractivity contribution is 14.1. The number of benzene rings is 4. The maximum Gasteiger partial charge on any atom is 0.129 e. The van der Waals surface area contributed by atoms with E-state index in [0.717, 1.165) is 16.7 Å². The van der Waals surface area contributed by atoms with Gasteiger partial charge >= 0.3 is 0 Å². The first-order valence-corrected chi connectivity index (χ1v) is 25.9. The number of rotatable bonds is 5. The van der Waals surface area contributed by atoms with Crippen molar-refractivity contribution in [2.75, 3.05) is 0 Å². The van der Waals surface area contributed by atoms with Crippen molar-refractivity contribution < 1.29 is 5.11 Å². The van der Waals surface area contributed by atoms with Gasteiger partial charge in [-0.25, -0.2) is 0 Å². The van der Waals surface area contributed by atoms with Crippen LogP contribution in [-0.2, 0) is 0 Å². The third-order valence-electron chi connectivity index (χ3n) is 10.6. The van der Waals surface area contributed by atoms with E-state index in [4.69, 9.17) is 0 Å². The predicted octanol–water partition coefficient (Wildman–Crippen LogP) is 12.8. The summed E-state index contributed by atoms with van der Waals surface area (Å²) in [5.41, 5.74) is 17.6. The summed E-state index contributed by atoms with van der Waals surface area (Å²) in [7, 11) is -3.57. The molecule has 4 heteroatoms. The second kappa shape index (κ2) is 15.8. The topological polar surface area (TPSA) is 20.2 Å². The van der Waals surface area contributed by atoms with Crippen LogP contribution in [0.1, 0.15) is 77.8 Å². The van der Waals surface area contributed by atoms with Crippen LogP contribution in [0.2, 0.25) is 43.3 Å². The van der Waals surface area contributed by atoms with Crippen LogP contribution in [0.15, 0.2) is 96.6 Å². The van der Waals surface area contributed by atoms with Gasteiger partial charge in [0.1, 0.15) is 8.07 Å². The highest BCUT2D eigenvalue weighted by Crippen LogP contribution is 2.46. The molecule has 0 radical (unpaired) electrons. The number of halogens is 1. The third kappa shape index (κ3) is 8.92. The minimum Gasteiger partial charge on any atom is -0.388 e. The molecule has 1 aliphatic rings. The number of aliphatic hydroxyl groups excluding tert-OH is 1. The predicted molar refractivity (Wildman–Crippen MR) is 241 cm³/mol. The summed E-state index contributed by atoms with van der Waals surface area (Å²) in [6.45, 7) is 24.8. The van der Waals surface area contributed by atoms with Crippen LogP contribution in [-0.4, -0.2) is 27.4 Å². The molecule has 2 atom stereocenters. The molecule has 0 saturated heterocycles. The lowest BCUT2D eigenvalue weighted by Crippen LogP contribution is -2.46. The van der Waals surface area contributed by atoms with E-state index < -0.39 is 22.3 Å². The first-order valence-electron chi connectivity index (χ1n) is 18.3. The van der Waals surface area contributed by atoms with Crippen molar-refractivity contribution in [1.29, 1.82) is 0 Å². The van der Waals surface area contributed by atoms with E-state index in [9.17, 15) is 5.11 Å². The summed E-state index contributed by atoms with van der Waals surface area (Å²) < 4.78 is 1.21. The standard InChI is InChI=1S/C48H53IOSi2/c1-33(32-42(50)43(30-31-51(7,8)9)52(10,11)48(4,5)6)18-19-36-20-22-39(23-21-36)46-44-34(2)14-12-16-37(44)24-25-38-17-13-15-35(3)45(38)47(46)40-26-28-41(49)29-27-40/h12-17,20-29,32,42-43,50H,1-11H3/b25-24-,33-32-,37-24?,38-25?,46-44?,47-45?,47-46-/t42-,43+/m0/s1. The molecule has 1 N–H and O–H groups in total. The Morgan fingerprint density at radius 1 is 0.731 bits per heavy atom. The van der Waals surface area contributed by atoms with Crippen molar-refractivity contribution in [2.24, 2.45) is 0 Å². The van der Waals surface area contributed by atoms with Gasteiger partial charge in [0.2, 0.25) is 0 Å². The molecule has 52 heavy (non-hydrogen) atoms. The lowest BCUT2D eigenvalue weighted by atomic mass is 9.78. The minimum atomic E-state index is -1.97. The molecule has 266 valence electrons. The first-order chi connectivity index (χ1) is 24.4. The largest absolute Gasteiger partial charge is 0.388 e. The van der Waals surface area contributed by atoms with Gasteiger partial charge in [0.15, 0.2) is 0 Å². The van der Waals surface area contributed by atoms with Gasteiger partial charge in [0, 0.05) is 14.7 Å². The van der Waals surface area contributed by atoms with Crippen LogP contribution in [0.25, 0.3) is 23.3 Å². The van der Waals surface area contributed by atoms with Gasteiger partial charge in [0.05, 0.1) is 14.2 Å². The fraction of sp³-hybridized carbons (Fsp3) is 0.292. The van der Waals surface area contributed by atoms with E-state index >= 15 is 0 Å². The van der Waals surface area contributed by atoms with E-state index in [0.29, 0.717) is 0 Å². The number of allylic oxidation sites excluding steroid dienone is 1. The third-order valence-corrected chi connectivity index (χ3v) is 18.1. The van der Waals surface area contributed by atoms with Crippen LogP contribution in [0.3, 0.4) is 0 Å². The highest BCUT2D eigenvalue weighted by atomic mass is 127. The van der Waals surface area contributed by atoms with Crippen molar-refractivity contribution in [3.05, 3.63) is 150 Å². The zero-order valence-corrected chi connectivity index (χ0v) is 37.0. The summed E-state index contributed by atoms with van der Waals surface area (Å²) in [5.74, 6) is 10.3. The van der Waals surface area contributed by atoms with Gasteiger partial charge in [-0.2, -0.15) is 0 Å². The maximum atomic E-state index is 11.6. The Labute approximate surface area is 329 Å². The Bertz CT molecular complexity index is 2180. The molecule has 4 aromatic carbocycles. The van der Waals surface area contributed by atoms with Gasteiger partial charge in [0.25, 0.3) is 0 Å². The number of fused-ring (bicyclic) bond motifs is 2. The molecule has 0 aliphatic heterocycles. The molecule has 0 unspecified atom stereocenters. The van der Waals surface area contributed by atoms with E-state index in [1.807, 2.05) is 13.0 Å². The average molecular weight is 829 g/mol. The van der Waals surface area contributed by atoms with Gasteiger partial charge in [-0.15, -0.1) is 11.5 Å². The molecular weight excluding hydrogens is 776 g/mol. The minimum absolute atomic E-state index is 0.0652. The van der Waals surface area contributed by atoms with Crippen LogP contribution in [0, 0.1) is 40.7 Å². The van der Waals surface area contributed by atoms with Crippen molar-refractivity contribution in [1.82, 2.24) is 0 Å². The molecule has 0 spiro atoms. The van der Waals surface area contributed by atoms with Crippen molar-refractivity contribution in [2.45, 2.75) is 91.0 Å². The lowest BCUT2D eigenvalue weighted by Gasteiger charge is -2.42. The monoisotopic (exact) mass is 828 g/mol. The molecule has 0 fully saturated rings. The number of aliphatic hydroxyl groups is 1. The molecule has 0 heterocycles. The van der Waals surface area contributed by atoms with E-state index in [1.54, 1.807) is 0 Å². The van der Waals surface area contributed by atoms with Crippen molar-refractivity contribution in [3.63, 3.8) is 0 Å². The number of hydrogen-bond acceptors (Lipinski definition) is 1. The zero-order chi connectivity index (χ0) is 38.0. The Balaban J connectivity index is 1.61. The molecule has 4 aromatic rings. The summed E-state index contributed by atoms with van der Waals surface area (Å²) in [4.78, 5) is 0. The van der Waals surface area contributed by atoms with Gasteiger partial charge in [-0.3, -0.25) is 0 Å². The Hall–Kier alpha value is -3.66. The SMILES string of the molecule is C/C(C#Cc1ccc(/C2=C(\c3ccc(I)cc3)c3c(C)cccc3/C=C\c3cccc(C)c32)cc1)=C/[C@H](O)[C@@H](C#C[Si](C)(C)C)[Si](C)(C)C(C)(C)C. The zero-order valence-electron chi connectivity index (χ0n) is 32.8. The van der Waals surface area contributed by atoms with Gasteiger partial charge in [-0.1, -0.05) is 138 Å². The molecule has 0 saturated carbocycles. The fourth-order valence-electron chi connectivity index (χ4n) is 6.70. The molecule has 5 rings (SSSR count). The highest BCUT2D eigenvalue weighted by Gasteiger charge is 2.44. The number of aryl methyl sites for hydroxylation is 2. The second-order valence-electron chi connectivity index (χ2n) is 16.8. The Kier molecular flexibility index (Phi) is 12.0. The fourth-order valence-corrected chi connectivity index (χ4v) is 10.1. The Morgan fingerprint density at radius 2 is 1.21 bits per heavy atom. The second-order valence-corrected chi connectivity index (χ2v) is 28.4. The van der Waals surface area contributed by atoms with E-state index in [2.05, 4.69) is 210 Å². The summed E-state index contributed by atoms with van der Waals surface area (Å²) in [6, 6.07) is 30.8. The normalized spacial score (nSPS) is 16.5. The molecule has 0 aromatic heterocycles. The summed E-state index contributed by atoms with van der Waals surface area (Å²) in [5, 5.41) is 11.7. The van der Waals surface area contributed by atoms with Gasteiger partial charge in [-0.05, 0) is 140 Å².